The lowest BCUT2D eigenvalue weighted by Gasteiger charge is -2.11. The number of anilines is 2. The molecule has 0 aliphatic carbocycles. The highest BCUT2D eigenvalue weighted by atomic mass is 19.4. The zero-order chi connectivity index (χ0) is 23.6. The highest BCUT2D eigenvalue weighted by Gasteiger charge is 2.31. The van der Waals surface area contributed by atoms with Crippen LogP contribution in [0.3, 0.4) is 0 Å². The van der Waals surface area contributed by atoms with Crippen LogP contribution < -0.4 is 14.8 Å². The summed E-state index contributed by atoms with van der Waals surface area (Å²) in [6.45, 7) is 1.50. The largest absolute Gasteiger partial charge is 0.573 e. The quantitative estimate of drug-likeness (QED) is 0.394. The summed E-state index contributed by atoms with van der Waals surface area (Å²) >= 11 is 0. The predicted octanol–water partition coefficient (Wildman–Crippen LogP) is 5.53. The molecule has 0 saturated carbocycles. The maximum atomic E-state index is 12.5. The Bertz CT molecular complexity index is 1320. The van der Waals surface area contributed by atoms with Crippen molar-refractivity contribution in [2.24, 2.45) is 7.05 Å². The van der Waals surface area contributed by atoms with E-state index < -0.39 is 6.36 Å². The van der Waals surface area contributed by atoms with Crippen molar-refractivity contribution < 1.29 is 27.4 Å². The van der Waals surface area contributed by atoms with E-state index in [2.05, 4.69) is 20.0 Å². The number of fused-ring (bicyclic) bond motifs is 1. The van der Waals surface area contributed by atoms with E-state index in [1.165, 1.54) is 25.1 Å². The zero-order valence-corrected chi connectivity index (χ0v) is 17.7. The number of imidazole rings is 1. The molecule has 0 spiro atoms. The fourth-order valence-electron chi connectivity index (χ4n) is 3.26. The first-order chi connectivity index (χ1) is 15.7. The first-order valence-corrected chi connectivity index (χ1v) is 9.88. The van der Waals surface area contributed by atoms with Crippen LogP contribution in [0.5, 0.6) is 17.2 Å². The molecule has 0 amide bonds. The normalized spacial score (nSPS) is 11.4. The number of rotatable bonds is 7. The number of carbonyl (C=O) groups excluding carboxylic acids is 1. The molecule has 33 heavy (non-hydrogen) atoms. The number of hydrogen-bond donors (Lipinski definition) is 1. The van der Waals surface area contributed by atoms with E-state index in [1.807, 2.05) is 6.07 Å². The molecule has 7 nitrogen and oxygen atoms in total. The van der Waals surface area contributed by atoms with Crippen LogP contribution in [-0.4, -0.2) is 26.7 Å². The minimum Gasteiger partial charge on any atom is -0.457 e. The lowest BCUT2D eigenvalue weighted by Crippen LogP contribution is -2.17. The third-order valence-corrected chi connectivity index (χ3v) is 4.63. The molecule has 0 saturated heterocycles. The molecule has 0 fully saturated rings. The first-order valence-electron chi connectivity index (χ1n) is 9.88. The van der Waals surface area contributed by atoms with Gasteiger partial charge in [-0.25, -0.2) is 4.98 Å². The van der Waals surface area contributed by atoms with Gasteiger partial charge in [0.25, 0.3) is 0 Å². The second-order valence-corrected chi connectivity index (χ2v) is 7.31. The van der Waals surface area contributed by atoms with Crippen molar-refractivity contribution in [1.29, 1.82) is 0 Å². The fourth-order valence-corrected chi connectivity index (χ4v) is 3.26. The fraction of sp³-hybridized carbons (Fsp3) is 0.174. The maximum Gasteiger partial charge on any atom is 0.573 e. The van der Waals surface area contributed by atoms with E-state index in [-0.39, 0.29) is 18.0 Å². The Hall–Kier alpha value is -4.08. The molecule has 2 aromatic carbocycles. The molecule has 1 N–H and O–H groups in total. The Labute approximate surface area is 186 Å². The molecule has 0 aliphatic rings. The number of carbonyl (C=O) groups is 1. The molecule has 0 radical (unpaired) electrons. The van der Waals surface area contributed by atoms with E-state index in [0.717, 1.165) is 5.52 Å². The van der Waals surface area contributed by atoms with Crippen molar-refractivity contribution in [2.45, 2.75) is 19.7 Å². The smallest absolute Gasteiger partial charge is 0.457 e. The van der Waals surface area contributed by atoms with Crippen LogP contribution >= 0.6 is 0 Å². The standard InChI is InChI=1S/C23H19F3N4O3/c1-14(31)10-16-12-18(8-9-27-16)32-17-6-7-21-20(13-17)29-22(30(21)2)28-15-4-3-5-19(11-15)33-23(24,25)26/h3-9,11-13H,10H2,1-2H3,(H,28,29). The lowest BCUT2D eigenvalue weighted by molar-refractivity contribution is -0.274. The Morgan fingerprint density at radius 2 is 1.85 bits per heavy atom. The Balaban J connectivity index is 1.55. The van der Waals surface area contributed by atoms with Crippen LogP contribution in [0.1, 0.15) is 12.6 Å². The van der Waals surface area contributed by atoms with Gasteiger partial charge in [-0.2, -0.15) is 0 Å². The van der Waals surface area contributed by atoms with Gasteiger partial charge >= 0.3 is 6.36 Å². The second kappa shape index (κ2) is 8.81. The minimum atomic E-state index is -4.77. The summed E-state index contributed by atoms with van der Waals surface area (Å²) in [5.41, 5.74) is 2.42. The van der Waals surface area contributed by atoms with Gasteiger partial charge in [0.1, 0.15) is 23.0 Å². The summed E-state index contributed by atoms with van der Waals surface area (Å²) in [4.78, 5) is 20.0. The molecular weight excluding hydrogens is 437 g/mol. The predicted molar refractivity (Wildman–Crippen MR) is 116 cm³/mol. The number of aryl methyl sites for hydroxylation is 1. The maximum absolute atomic E-state index is 12.5. The highest BCUT2D eigenvalue weighted by molar-refractivity contribution is 5.81. The molecule has 170 valence electrons. The van der Waals surface area contributed by atoms with Gasteiger partial charge in [0.05, 0.1) is 16.7 Å². The molecular formula is C23H19F3N4O3. The number of ether oxygens (including phenoxy) is 2. The van der Waals surface area contributed by atoms with Crippen molar-refractivity contribution in [3.05, 3.63) is 66.5 Å². The molecule has 2 aromatic heterocycles. The zero-order valence-electron chi connectivity index (χ0n) is 17.7. The van der Waals surface area contributed by atoms with Crippen LogP contribution in [0.15, 0.2) is 60.8 Å². The molecule has 0 atom stereocenters. The van der Waals surface area contributed by atoms with Gasteiger partial charge in [0.15, 0.2) is 0 Å². The Morgan fingerprint density at radius 3 is 2.61 bits per heavy atom. The van der Waals surface area contributed by atoms with Gasteiger partial charge in [-0.1, -0.05) is 6.07 Å². The number of pyridine rings is 1. The van der Waals surface area contributed by atoms with Gasteiger partial charge in [0, 0.05) is 43.6 Å². The molecule has 0 aliphatic heterocycles. The van der Waals surface area contributed by atoms with Crippen molar-refractivity contribution in [2.75, 3.05) is 5.32 Å². The van der Waals surface area contributed by atoms with Crippen molar-refractivity contribution in [1.82, 2.24) is 14.5 Å². The number of nitrogens with zero attached hydrogens (tertiary/aromatic N) is 3. The average Bonchev–Trinajstić information content (AvgIpc) is 3.01. The molecule has 4 rings (SSSR count). The van der Waals surface area contributed by atoms with Gasteiger partial charge in [0.2, 0.25) is 5.95 Å². The molecule has 4 aromatic rings. The number of halogens is 3. The number of ketones is 1. The summed E-state index contributed by atoms with van der Waals surface area (Å²) in [5.74, 6) is 1.18. The first kappa shape index (κ1) is 22.1. The molecule has 0 bridgehead atoms. The Morgan fingerprint density at radius 1 is 1.06 bits per heavy atom. The van der Waals surface area contributed by atoms with E-state index >= 15 is 0 Å². The Kier molecular flexibility index (Phi) is 5.91. The van der Waals surface area contributed by atoms with Gasteiger partial charge in [-0.15, -0.1) is 13.2 Å². The molecule has 0 unspecified atom stereocenters. The van der Waals surface area contributed by atoms with Crippen molar-refractivity contribution in [3.8, 4) is 17.2 Å². The van der Waals surface area contributed by atoms with E-state index in [0.29, 0.717) is 34.3 Å². The monoisotopic (exact) mass is 456 g/mol. The lowest BCUT2D eigenvalue weighted by atomic mass is 10.2. The van der Waals surface area contributed by atoms with Crippen LogP contribution in [0.2, 0.25) is 0 Å². The SMILES string of the molecule is CC(=O)Cc1cc(Oc2ccc3c(c2)nc(Nc2cccc(OC(F)(F)F)c2)n3C)ccn1. The van der Waals surface area contributed by atoms with E-state index in [4.69, 9.17) is 4.74 Å². The average molecular weight is 456 g/mol. The number of nitrogens with one attached hydrogen (secondary N) is 1. The van der Waals surface area contributed by atoms with E-state index in [9.17, 15) is 18.0 Å². The number of alkyl halides is 3. The summed E-state index contributed by atoms with van der Waals surface area (Å²) in [5, 5.41) is 3.01. The van der Waals surface area contributed by atoms with Gasteiger partial charge in [-0.3, -0.25) is 9.78 Å². The number of aromatic nitrogens is 3. The molecule has 10 heteroatoms. The van der Waals surface area contributed by atoms with Crippen LogP contribution in [0, 0.1) is 0 Å². The third-order valence-electron chi connectivity index (χ3n) is 4.63. The third kappa shape index (κ3) is 5.59. The van der Waals surface area contributed by atoms with E-state index in [1.54, 1.807) is 48.1 Å². The molecule has 2 heterocycles. The summed E-state index contributed by atoms with van der Waals surface area (Å²) < 4.78 is 49.1. The number of Topliss-reactive ketones (excluding diaryl/α,β-unsaturated/α-hetero) is 1. The van der Waals surface area contributed by atoms with Crippen LogP contribution in [0.4, 0.5) is 24.8 Å². The van der Waals surface area contributed by atoms with Crippen LogP contribution in [0.25, 0.3) is 11.0 Å². The van der Waals surface area contributed by atoms with Crippen molar-refractivity contribution >= 4 is 28.5 Å². The highest BCUT2D eigenvalue weighted by Crippen LogP contribution is 2.30. The summed E-state index contributed by atoms with van der Waals surface area (Å²) in [6, 6.07) is 14.3. The van der Waals surface area contributed by atoms with Gasteiger partial charge in [-0.05, 0) is 37.3 Å². The number of benzene rings is 2. The topological polar surface area (TPSA) is 78.3 Å². The minimum absolute atomic E-state index is 0.00471. The van der Waals surface area contributed by atoms with Crippen LogP contribution in [-0.2, 0) is 18.3 Å². The summed E-state index contributed by atoms with van der Waals surface area (Å²) in [6.07, 6.45) is -2.97. The summed E-state index contributed by atoms with van der Waals surface area (Å²) in [7, 11) is 1.78. The number of hydrogen-bond acceptors (Lipinski definition) is 6. The van der Waals surface area contributed by atoms with Gasteiger partial charge < -0.3 is 19.4 Å². The second-order valence-electron chi connectivity index (χ2n) is 7.31. The van der Waals surface area contributed by atoms with Crippen molar-refractivity contribution in [3.63, 3.8) is 0 Å².